The van der Waals surface area contributed by atoms with Gasteiger partial charge >= 0.3 is 11.6 Å². The third kappa shape index (κ3) is 5.86. The lowest BCUT2D eigenvalue weighted by Crippen LogP contribution is -2.28. The van der Waals surface area contributed by atoms with E-state index >= 15 is 0 Å². The van der Waals surface area contributed by atoms with Crippen LogP contribution < -0.4 is 20.4 Å². The molecule has 0 aliphatic heterocycles. The molecule has 3 rings (SSSR count). The van der Waals surface area contributed by atoms with Crippen molar-refractivity contribution in [2.24, 2.45) is 0 Å². The predicted octanol–water partition coefficient (Wildman–Crippen LogP) is 3.84. The number of hydrogen-bond acceptors (Lipinski definition) is 7. The van der Waals surface area contributed by atoms with Crippen LogP contribution >= 0.6 is 0 Å². The number of nitrogens with one attached hydrogen (secondary N) is 1. The molecule has 0 aliphatic rings. The molecule has 0 bridgehead atoms. The van der Waals surface area contributed by atoms with E-state index in [1.807, 2.05) is 19.9 Å². The molecule has 168 valence electrons. The van der Waals surface area contributed by atoms with Gasteiger partial charge in [-0.3, -0.25) is 4.79 Å². The van der Waals surface area contributed by atoms with Crippen molar-refractivity contribution >= 4 is 28.9 Å². The van der Waals surface area contributed by atoms with E-state index in [-0.39, 0.29) is 22.5 Å². The Hall–Kier alpha value is -4.38. The van der Waals surface area contributed by atoms with Crippen molar-refractivity contribution in [1.82, 2.24) is 5.32 Å². The van der Waals surface area contributed by atoms with E-state index in [0.717, 1.165) is 6.42 Å². The third-order valence-electron chi connectivity index (χ3n) is 4.54. The van der Waals surface area contributed by atoms with Gasteiger partial charge in [-0.2, -0.15) is 5.26 Å². The normalized spacial score (nSPS) is 11.0. The summed E-state index contributed by atoms with van der Waals surface area (Å²) in [4.78, 5) is 36.8. The number of amides is 1. The highest BCUT2D eigenvalue weighted by atomic mass is 16.5. The molecule has 1 amide bonds. The average molecular weight is 446 g/mol. The number of fused-ring (bicyclic) bond motifs is 1. The first kappa shape index (κ1) is 23.3. The third-order valence-corrected chi connectivity index (χ3v) is 4.54. The van der Waals surface area contributed by atoms with Gasteiger partial charge in [-0.05, 0) is 55.3 Å². The largest absolute Gasteiger partial charge is 0.494 e. The fraction of sp³-hybridized carbons (Fsp3) is 0.200. The van der Waals surface area contributed by atoms with Gasteiger partial charge < -0.3 is 19.2 Å². The van der Waals surface area contributed by atoms with Gasteiger partial charge in [0.25, 0.3) is 5.91 Å². The molecule has 1 aromatic heterocycles. The summed E-state index contributed by atoms with van der Waals surface area (Å²) < 4.78 is 15.9. The van der Waals surface area contributed by atoms with Crippen molar-refractivity contribution in [3.8, 4) is 17.6 Å². The Morgan fingerprint density at radius 3 is 2.48 bits per heavy atom. The number of nitrogens with zero attached hydrogens (tertiary/aromatic N) is 1. The van der Waals surface area contributed by atoms with Crippen LogP contribution in [0, 0.1) is 11.3 Å². The first-order valence-corrected chi connectivity index (χ1v) is 10.4. The molecule has 0 atom stereocenters. The maximum atomic E-state index is 12.5. The number of esters is 1. The SMILES string of the molecule is CCCNC(=O)c1cc2ccc(OC(=O)/C(C#N)=C/c3ccc(OCC)cc3)cc2oc1=O. The molecule has 2 aromatic carbocycles. The zero-order valence-electron chi connectivity index (χ0n) is 18.2. The topological polar surface area (TPSA) is 119 Å². The van der Waals surface area contributed by atoms with Crippen LogP contribution in [0.3, 0.4) is 0 Å². The van der Waals surface area contributed by atoms with Crippen molar-refractivity contribution < 1.29 is 23.5 Å². The van der Waals surface area contributed by atoms with Crippen LogP contribution in [0.2, 0.25) is 0 Å². The predicted molar refractivity (Wildman–Crippen MR) is 122 cm³/mol. The van der Waals surface area contributed by atoms with Crippen molar-refractivity contribution in [3.63, 3.8) is 0 Å². The number of carbonyl (C=O) groups is 2. The van der Waals surface area contributed by atoms with E-state index in [2.05, 4.69) is 5.32 Å². The zero-order valence-corrected chi connectivity index (χ0v) is 18.2. The standard InChI is InChI=1S/C25H22N2O6/c1-3-11-27-23(28)21-13-17-7-10-20(14-22(17)33-25(21)30)32-24(29)18(15-26)12-16-5-8-19(9-6-16)31-4-2/h5-10,12-14H,3-4,11H2,1-2H3,(H,27,28)/b18-12+. The van der Waals surface area contributed by atoms with E-state index in [1.165, 1.54) is 24.3 Å². The van der Waals surface area contributed by atoms with E-state index < -0.39 is 17.5 Å². The average Bonchev–Trinajstić information content (AvgIpc) is 2.81. The Morgan fingerprint density at radius 2 is 1.82 bits per heavy atom. The Bertz CT molecular complexity index is 1300. The Morgan fingerprint density at radius 1 is 1.09 bits per heavy atom. The molecular weight excluding hydrogens is 424 g/mol. The second kappa shape index (κ2) is 10.8. The summed E-state index contributed by atoms with van der Waals surface area (Å²) in [6.45, 7) is 4.75. The van der Waals surface area contributed by atoms with Gasteiger partial charge in [0.2, 0.25) is 0 Å². The van der Waals surface area contributed by atoms with Gasteiger partial charge in [0, 0.05) is 18.0 Å². The fourth-order valence-corrected chi connectivity index (χ4v) is 2.94. The fourth-order valence-electron chi connectivity index (χ4n) is 2.94. The number of nitriles is 1. The maximum Gasteiger partial charge on any atom is 0.354 e. The van der Waals surface area contributed by atoms with Crippen LogP contribution in [-0.2, 0) is 4.79 Å². The minimum absolute atomic E-state index is 0.0895. The van der Waals surface area contributed by atoms with Gasteiger partial charge in [0.05, 0.1) is 6.61 Å². The molecule has 3 aromatic rings. The van der Waals surface area contributed by atoms with Crippen molar-refractivity contribution in [2.45, 2.75) is 20.3 Å². The lowest BCUT2D eigenvalue weighted by Gasteiger charge is -2.06. The number of hydrogen-bond donors (Lipinski definition) is 1. The molecule has 33 heavy (non-hydrogen) atoms. The lowest BCUT2D eigenvalue weighted by atomic mass is 10.1. The number of ether oxygens (including phenoxy) is 2. The van der Waals surface area contributed by atoms with Crippen LogP contribution in [-0.4, -0.2) is 25.0 Å². The molecule has 0 unspecified atom stereocenters. The molecule has 1 heterocycles. The van der Waals surface area contributed by atoms with Crippen LogP contribution in [0.25, 0.3) is 17.0 Å². The molecule has 0 saturated carbocycles. The summed E-state index contributed by atoms with van der Waals surface area (Å²) >= 11 is 0. The molecular formula is C25H22N2O6. The van der Waals surface area contributed by atoms with Crippen LogP contribution in [0.5, 0.6) is 11.5 Å². The zero-order chi connectivity index (χ0) is 23.8. The van der Waals surface area contributed by atoms with E-state index in [9.17, 15) is 19.6 Å². The maximum absolute atomic E-state index is 12.5. The van der Waals surface area contributed by atoms with E-state index in [0.29, 0.717) is 29.9 Å². The molecule has 8 nitrogen and oxygen atoms in total. The van der Waals surface area contributed by atoms with Crippen molar-refractivity contribution in [1.29, 1.82) is 5.26 Å². The first-order chi connectivity index (χ1) is 15.9. The molecule has 0 spiro atoms. The Labute approximate surface area is 190 Å². The summed E-state index contributed by atoms with van der Waals surface area (Å²) in [5.74, 6) is -0.601. The Balaban J connectivity index is 1.80. The summed E-state index contributed by atoms with van der Waals surface area (Å²) in [6, 6.07) is 14.5. The highest BCUT2D eigenvalue weighted by Gasteiger charge is 2.16. The van der Waals surface area contributed by atoms with E-state index in [4.69, 9.17) is 13.9 Å². The molecule has 1 N–H and O–H groups in total. The second-order valence-corrected chi connectivity index (χ2v) is 6.96. The molecule has 8 heteroatoms. The van der Waals surface area contributed by atoms with Crippen molar-refractivity contribution in [3.05, 3.63) is 75.7 Å². The van der Waals surface area contributed by atoms with Crippen LogP contribution in [0.4, 0.5) is 0 Å². The van der Waals surface area contributed by atoms with Gasteiger partial charge in [-0.15, -0.1) is 0 Å². The quantitative estimate of drug-likeness (QED) is 0.184. The highest BCUT2D eigenvalue weighted by molar-refractivity contribution is 5.99. The smallest absolute Gasteiger partial charge is 0.354 e. The summed E-state index contributed by atoms with van der Waals surface area (Å²) in [5.41, 5.74) is -0.334. The van der Waals surface area contributed by atoms with Crippen molar-refractivity contribution in [2.75, 3.05) is 13.2 Å². The van der Waals surface area contributed by atoms with Gasteiger partial charge in [0.1, 0.15) is 34.3 Å². The lowest BCUT2D eigenvalue weighted by molar-refractivity contribution is -0.129. The van der Waals surface area contributed by atoms with Gasteiger partial charge in [-0.25, -0.2) is 9.59 Å². The van der Waals surface area contributed by atoms with Gasteiger partial charge in [-0.1, -0.05) is 19.1 Å². The summed E-state index contributed by atoms with van der Waals surface area (Å²) in [7, 11) is 0. The highest BCUT2D eigenvalue weighted by Crippen LogP contribution is 2.22. The summed E-state index contributed by atoms with van der Waals surface area (Å²) in [5, 5.41) is 12.5. The number of rotatable bonds is 8. The summed E-state index contributed by atoms with van der Waals surface area (Å²) in [6.07, 6.45) is 2.14. The second-order valence-electron chi connectivity index (χ2n) is 6.96. The molecule has 0 aliphatic carbocycles. The van der Waals surface area contributed by atoms with Crippen LogP contribution in [0.15, 0.2) is 63.3 Å². The molecule has 0 fully saturated rings. The number of benzene rings is 2. The monoisotopic (exact) mass is 446 g/mol. The first-order valence-electron chi connectivity index (χ1n) is 10.4. The molecule has 0 radical (unpaired) electrons. The van der Waals surface area contributed by atoms with E-state index in [1.54, 1.807) is 30.3 Å². The number of carbonyl (C=O) groups excluding carboxylic acids is 2. The minimum Gasteiger partial charge on any atom is -0.494 e. The minimum atomic E-state index is -0.858. The molecule has 0 saturated heterocycles. The van der Waals surface area contributed by atoms with Gasteiger partial charge in [0.15, 0.2) is 0 Å². The van der Waals surface area contributed by atoms with Crippen LogP contribution in [0.1, 0.15) is 36.2 Å². The Kier molecular flexibility index (Phi) is 7.60.